The van der Waals surface area contributed by atoms with E-state index in [9.17, 15) is 10.1 Å². The van der Waals surface area contributed by atoms with Crippen molar-refractivity contribution < 1.29 is 38.1 Å². The number of rotatable bonds is 11. The average molecular weight is 802 g/mol. The molecule has 7 rings (SSSR count). The summed E-state index contributed by atoms with van der Waals surface area (Å²) in [5, 5.41) is 10.4. The first kappa shape index (κ1) is 39.5. The fourth-order valence-corrected chi connectivity index (χ4v) is 10.0. The molecule has 6 aliphatic rings. The zero-order valence-corrected chi connectivity index (χ0v) is 34.1. The number of alkyl halides is 1. The second-order valence-electron chi connectivity index (χ2n) is 16.5. The minimum Gasteiger partial charge on any atom is -0.482 e. The molecule has 11 heteroatoms. The molecule has 0 amide bonds. The van der Waals surface area contributed by atoms with E-state index in [1.807, 2.05) is 52.8 Å². The Hall–Kier alpha value is -4.19. The Bertz CT molecular complexity index is 1990. The quantitative estimate of drug-likeness (QED) is 0.0713. The van der Waals surface area contributed by atoms with E-state index in [0.29, 0.717) is 29.7 Å². The van der Waals surface area contributed by atoms with Crippen molar-refractivity contribution in [2.24, 2.45) is 23.7 Å². The van der Waals surface area contributed by atoms with Gasteiger partial charge in [-0.2, -0.15) is 5.26 Å². The third-order valence-corrected chi connectivity index (χ3v) is 12.4. The molecule has 3 saturated carbocycles. The number of fused-ring (bicyclic) bond motifs is 2. The van der Waals surface area contributed by atoms with Crippen molar-refractivity contribution in [1.82, 2.24) is 0 Å². The van der Waals surface area contributed by atoms with Crippen LogP contribution in [0.15, 0.2) is 41.0 Å². The van der Waals surface area contributed by atoms with Crippen molar-refractivity contribution in [3.63, 3.8) is 0 Å². The Morgan fingerprint density at radius 2 is 1.81 bits per heavy atom. The first-order valence-corrected chi connectivity index (χ1v) is 19.6. The van der Waals surface area contributed by atoms with Gasteiger partial charge in [-0.15, -0.1) is 0 Å². The SMILES string of the molecule is [C-]#[N+]C(C#N)C1C2CC3C(C)(C)OC(C/C=C(/C)C(=O)OC)(C2=O)C32Oc3c(CC=C(C)C)c4c(c(OCBr)c3C(=O)C12)C=CC(C)(CCC=C(C)C)O4. The van der Waals surface area contributed by atoms with E-state index in [2.05, 4.69) is 46.8 Å². The van der Waals surface area contributed by atoms with Gasteiger partial charge in [0.2, 0.25) is 0 Å². The van der Waals surface area contributed by atoms with E-state index in [-0.39, 0.29) is 52.6 Å². The van der Waals surface area contributed by atoms with Crippen LogP contribution in [0.5, 0.6) is 17.2 Å². The van der Waals surface area contributed by atoms with Gasteiger partial charge in [-0.3, -0.25) is 14.4 Å². The zero-order valence-electron chi connectivity index (χ0n) is 32.6. The Labute approximate surface area is 326 Å². The molecule has 286 valence electrons. The molecule has 1 aromatic carbocycles. The Balaban J connectivity index is 1.68. The highest BCUT2D eigenvalue weighted by Crippen LogP contribution is 2.72. The second kappa shape index (κ2) is 14.1. The number of ketones is 2. The van der Waals surface area contributed by atoms with Gasteiger partial charge in [-0.1, -0.05) is 29.4 Å². The fraction of sp³-hybridized carbons (Fsp3) is 0.558. The number of hydrogen-bond acceptors (Lipinski definition) is 9. The Kier molecular flexibility index (Phi) is 10.3. The monoisotopic (exact) mass is 800 g/mol. The lowest BCUT2D eigenvalue weighted by Gasteiger charge is -2.62. The van der Waals surface area contributed by atoms with Gasteiger partial charge in [0.25, 0.3) is 0 Å². The van der Waals surface area contributed by atoms with Gasteiger partial charge in [0.1, 0.15) is 33.9 Å². The Morgan fingerprint density at radius 3 is 2.43 bits per heavy atom. The molecule has 0 N–H and O–H groups in total. The molecule has 0 aromatic heterocycles. The number of allylic oxidation sites excluding steroid dienone is 4. The molecule has 1 spiro atoms. The maximum Gasteiger partial charge on any atom is 0.333 e. The van der Waals surface area contributed by atoms with Crippen LogP contribution in [0, 0.1) is 41.6 Å². The maximum atomic E-state index is 15.7. The number of benzene rings is 1. The number of Topliss-reactive ketones (excluding diaryl/α,β-unsaturated/α-hetero) is 2. The van der Waals surface area contributed by atoms with Gasteiger partial charge in [-0.05, 0) is 109 Å². The largest absolute Gasteiger partial charge is 0.482 e. The van der Waals surface area contributed by atoms with E-state index in [4.69, 9.17) is 30.3 Å². The third kappa shape index (κ3) is 5.85. The molecule has 1 saturated heterocycles. The molecule has 4 bridgehead atoms. The van der Waals surface area contributed by atoms with Crippen LogP contribution in [0.1, 0.15) is 103 Å². The first-order chi connectivity index (χ1) is 25.5. The van der Waals surface area contributed by atoms with E-state index in [1.54, 1.807) is 13.0 Å². The van der Waals surface area contributed by atoms with Gasteiger partial charge >= 0.3 is 12.0 Å². The number of nitrogens with zero attached hydrogens (tertiary/aromatic N) is 2. The van der Waals surface area contributed by atoms with Gasteiger partial charge < -0.3 is 23.7 Å². The van der Waals surface area contributed by atoms with Crippen LogP contribution in [0.4, 0.5) is 0 Å². The van der Waals surface area contributed by atoms with Crippen LogP contribution in [0.25, 0.3) is 10.9 Å². The molecular formula is C43H49BrN2O8. The predicted molar refractivity (Wildman–Crippen MR) is 206 cm³/mol. The van der Waals surface area contributed by atoms with Crippen molar-refractivity contribution in [3.8, 4) is 23.3 Å². The normalized spacial score (nSPS) is 31.4. The topological polar surface area (TPSA) is 126 Å². The number of carbonyl (C=O) groups is 3. The van der Waals surface area contributed by atoms with E-state index in [0.717, 1.165) is 12.0 Å². The van der Waals surface area contributed by atoms with Crippen molar-refractivity contribution >= 4 is 39.5 Å². The number of halogens is 1. The summed E-state index contributed by atoms with van der Waals surface area (Å²) < 4.78 is 32.7. The lowest BCUT2D eigenvalue weighted by molar-refractivity contribution is -0.211. The van der Waals surface area contributed by atoms with E-state index in [1.165, 1.54) is 12.7 Å². The molecule has 1 aromatic rings. The molecule has 0 radical (unpaired) electrons. The lowest BCUT2D eigenvalue weighted by atomic mass is 9.42. The van der Waals surface area contributed by atoms with Gasteiger partial charge in [0, 0.05) is 29.4 Å². The number of nitriles is 1. The summed E-state index contributed by atoms with van der Waals surface area (Å²) in [6.45, 7) is 23.6. The highest BCUT2D eigenvalue weighted by atomic mass is 79.9. The highest BCUT2D eigenvalue weighted by Gasteiger charge is 2.86. The highest BCUT2D eigenvalue weighted by molar-refractivity contribution is 9.09. The lowest BCUT2D eigenvalue weighted by Crippen LogP contribution is -2.79. The maximum absolute atomic E-state index is 15.7. The van der Waals surface area contributed by atoms with Crippen molar-refractivity contribution in [2.75, 3.05) is 12.6 Å². The van der Waals surface area contributed by atoms with Crippen LogP contribution in [-0.4, -0.2) is 58.6 Å². The van der Waals surface area contributed by atoms with Crippen LogP contribution in [-0.2, 0) is 25.5 Å². The van der Waals surface area contributed by atoms with E-state index < -0.39 is 58.1 Å². The molecule has 54 heavy (non-hydrogen) atoms. The third-order valence-electron chi connectivity index (χ3n) is 12.1. The summed E-state index contributed by atoms with van der Waals surface area (Å²) in [5.74, 6) is -3.62. The number of hydrogen-bond donors (Lipinski definition) is 0. The molecule has 8 unspecified atom stereocenters. The number of methoxy groups -OCH3 is 1. The summed E-state index contributed by atoms with van der Waals surface area (Å²) in [5.41, 5.74) is -1.02. The molecular weight excluding hydrogens is 752 g/mol. The molecule has 4 fully saturated rings. The zero-order chi connectivity index (χ0) is 39.5. The first-order valence-electron chi connectivity index (χ1n) is 18.5. The summed E-state index contributed by atoms with van der Waals surface area (Å²) in [6.07, 6.45) is 11.8. The number of ether oxygens (including phenoxy) is 5. The van der Waals surface area contributed by atoms with Crippen molar-refractivity contribution in [2.45, 2.75) is 116 Å². The van der Waals surface area contributed by atoms with Crippen LogP contribution in [0.3, 0.4) is 0 Å². The molecule has 3 aliphatic heterocycles. The smallest absolute Gasteiger partial charge is 0.333 e. The fourth-order valence-electron chi connectivity index (χ4n) is 9.80. The van der Waals surface area contributed by atoms with Gasteiger partial charge in [-0.25, -0.2) is 11.4 Å². The van der Waals surface area contributed by atoms with E-state index >= 15 is 9.59 Å². The summed E-state index contributed by atoms with van der Waals surface area (Å²) in [7, 11) is 1.29. The second-order valence-corrected chi connectivity index (χ2v) is 16.9. The van der Waals surface area contributed by atoms with Crippen LogP contribution >= 0.6 is 15.9 Å². The number of esters is 1. The van der Waals surface area contributed by atoms with Crippen LogP contribution in [0.2, 0.25) is 0 Å². The van der Waals surface area contributed by atoms with Crippen molar-refractivity contribution in [3.05, 3.63) is 69.1 Å². The predicted octanol–water partition coefficient (Wildman–Crippen LogP) is 8.47. The average Bonchev–Trinajstić information content (AvgIpc) is 3.26. The molecule has 3 aliphatic carbocycles. The van der Waals surface area contributed by atoms with Crippen molar-refractivity contribution in [1.29, 1.82) is 5.26 Å². The van der Waals surface area contributed by atoms with Crippen LogP contribution < -0.4 is 14.2 Å². The summed E-state index contributed by atoms with van der Waals surface area (Å²) in [4.78, 5) is 47.1. The molecule has 8 atom stereocenters. The summed E-state index contributed by atoms with van der Waals surface area (Å²) in [6, 6.07) is 0.820. The Morgan fingerprint density at radius 1 is 1.11 bits per heavy atom. The molecule has 10 nitrogen and oxygen atoms in total. The summed E-state index contributed by atoms with van der Waals surface area (Å²) >= 11 is 3.42. The van der Waals surface area contributed by atoms with Gasteiger partial charge in [0.15, 0.2) is 28.8 Å². The van der Waals surface area contributed by atoms with Gasteiger partial charge in [0.05, 0.1) is 30.1 Å². The standard InChI is InChI=1S/C43H49BrN2O8/c1-23(2)12-11-17-41(8)18-16-27-35(52-41)26(14-13-24(3)4)37-32(36(27)51-22-44)34(47)33-31(29(21-45)46-9)28-20-30-40(6,7)54-42(38(28)48,43(30,33)53-37)19-15-25(5)39(49)50-10/h12-13,15-16,18,28-31,33H,11,14,17,19-20,22H2,1-8,10H3/b25-15-. The molecule has 3 heterocycles. The minimum atomic E-state index is -1.73. The minimum absolute atomic E-state index is 0.0572. The number of carbonyl (C=O) groups excluding carboxylic acids is 3.